The van der Waals surface area contributed by atoms with E-state index in [1.54, 1.807) is 44.4 Å². The van der Waals surface area contributed by atoms with Gasteiger partial charge in [0.25, 0.3) is 0 Å². The molecule has 31 heavy (non-hydrogen) atoms. The highest BCUT2D eigenvalue weighted by atomic mass is 32.2. The molecule has 0 saturated heterocycles. The van der Waals surface area contributed by atoms with Crippen LogP contribution in [-0.4, -0.2) is 41.4 Å². The van der Waals surface area contributed by atoms with Crippen LogP contribution in [0.25, 0.3) is 0 Å². The summed E-state index contributed by atoms with van der Waals surface area (Å²) in [5.41, 5.74) is 3.72. The van der Waals surface area contributed by atoms with Crippen LogP contribution >= 0.6 is 11.8 Å². The fourth-order valence-corrected chi connectivity index (χ4v) is 4.21. The molecule has 8 nitrogen and oxygen atoms in total. The van der Waals surface area contributed by atoms with Crippen molar-refractivity contribution in [3.8, 4) is 0 Å². The van der Waals surface area contributed by atoms with Gasteiger partial charge in [-0.3, -0.25) is 14.7 Å². The van der Waals surface area contributed by atoms with Crippen molar-refractivity contribution < 1.29 is 14.3 Å². The Morgan fingerprint density at radius 3 is 2.81 bits per heavy atom. The third-order valence-corrected chi connectivity index (χ3v) is 5.68. The number of nitrogens with zero attached hydrogens (tertiary/aromatic N) is 4. The average Bonchev–Trinajstić information content (AvgIpc) is 2.79. The van der Waals surface area contributed by atoms with Gasteiger partial charge in [0, 0.05) is 30.9 Å². The van der Waals surface area contributed by atoms with Gasteiger partial charge in [-0.2, -0.15) is 0 Å². The van der Waals surface area contributed by atoms with E-state index >= 15 is 0 Å². The van der Waals surface area contributed by atoms with Crippen LogP contribution in [0, 0.1) is 0 Å². The van der Waals surface area contributed by atoms with Crippen LogP contribution in [-0.2, 0) is 27.2 Å². The first kappa shape index (κ1) is 21.1. The molecule has 0 saturated carbocycles. The molecule has 0 fully saturated rings. The minimum Gasteiger partial charge on any atom is -0.466 e. The summed E-state index contributed by atoms with van der Waals surface area (Å²) in [7, 11) is 1.67. The standard InChI is InChI=1S/C22H23N5O3S/c1-3-30-20(28)11-16-5-6-17(13-26-16)25-12-15-4-7-19-18(10-15)27(14-29-2)21-22(31-19)24-9-8-23-21/h4-10,13,25H,3,11-12,14H2,1-2H3. The molecule has 1 aliphatic rings. The summed E-state index contributed by atoms with van der Waals surface area (Å²) in [4.78, 5) is 28.0. The van der Waals surface area contributed by atoms with Crippen LogP contribution in [0.3, 0.4) is 0 Å². The summed E-state index contributed by atoms with van der Waals surface area (Å²) in [6.07, 6.45) is 5.30. The second-order valence-corrected chi connectivity index (χ2v) is 7.84. The van der Waals surface area contributed by atoms with Crippen molar-refractivity contribution in [2.45, 2.75) is 29.8 Å². The molecular formula is C22H23N5O3S. The number of nitrogens with one attached hydrogen (secondary N) is 1. The zero-order valence-corrected chi connectivity index (χ0v) is 18.2. The minimum atomic E-state index is -0.269. The summed E-state index contributed by atoms with van der Waals surface area (Å²) in [6, 6.07) is 10.1. The second-order valence-electron chi connectivity index (χ2n) is 6.81. The molecule has 4 rings (SSSR count). The Balaban J connectivity index is 1.45. The Kier molecular flexibility index (Phi) is 6.63. The van der Waals surface area contributed by atoms with E-state index < -0.39 is 0 Å². The monoisotopic (exact) mass is 437 g/mol. The first-order chi connectivity index (χ1) is 15.2. The predicted octanol–water partition coefficient (Wildman–Crippen LogP) is 3.80. The molecule has 1 N–H and O–H groups in total. The lowest BCUT2D eigenvalue weighted by molar-refractivity contribution is -0.142. The van der Waals surface area contributed by atoms with Crippen molar-refractivity contribution in [2.24, 2.45) is 0 Å². The molecule has 9 heteroatoms. The van der Waals surface area contributed by atoms with Crippen molar-refractivity contribution >= 4 is 34.9 Å². The van der Waals surface area contributed by atoms with Crippen molar-refractivity contribution in [3.63, 3.8) is 0 Å². The molecule has 0 spiro atoms. The van der Waals surface area contributed by atoms with Crippen molar-refractivity contribution in [1.82, 2.24) is 15.0 Å². The van der Waals surface area contributed by atoms with E-state index in [-0.39, 0.29) is 12.4 Å². The van der Waals surface area contributed by atoms with Gasteiger partial charge in [0.15, 0.2) is 5.82 Å². The molecule has 0 radical (unpaired) electrons. The van der Waals surface area contributed by atoms with E-state index in [4.69, 9.17) is 9.47 Å². The third-order valence-electron chi connectivity index (χ3n) is 4.63. The largest absolute Gasteiger partial charge is 0.466 e. The van der Waals surface area contributed by atoms with Gasteiger partial charge >= 0.3 is 5.97 Å². The SMILES string of the molecule is CCOC(=O)Cc1ccc(NCc2ccc3c(c2)N(COC)c2nccnc2S3)cn1. The lowest BCUT2D eigenvalue weighted by Crippen LogP contribution is -2.24. The molecule has 160 valence electrons. The predicted molar refractivity (Wildman–Crippen MR) is 119 cm³/mol. The van der Waals surface area contributed by atoms with Crippen LogP contribution in [0.15, 0.2) is 58.8 Å². The van der Waals surface area contributed by atoms with Gasteiger partial charge < -0.3 is 14.8 Å². The Hall–Kier alpha value is -3.17. The molecule has 1 aliphatic heterocycles. The van der Waals surface area contributed by atoms with E-state index in [1.165, 1.54) is 0 Å². The Labute approximate surface area is 185 Å². The number of carbonyl (C=O) groups is 1. The van der Waals surface area contributed by atoms with Crippen molar-refractivity contribution in [3.05, 3.63) is 60.2 Å². The highest BCUT2D eigenvalue weighted by Gasteiger charge is 2.25. The molecule has 1 aromatic carbocycles. The van der Waals surface area contributed by atoms with Crippen LogP contribution < -0.4 is 10.2 Å². The first-order valence-corrected chi connectivity index (χ1v) is 10.7. The van der Waals surface area contributed by atoms with Gasteiger partial charge in [0.2, 0.25) is 0 Å². The van der Waals surface area contributed by atoms with Crippen LogP contribution in [0.4, 0.5) is 17.2 Å². The van der Waals surface area contributed by atoms with Gasteiger partial charge in [-0.05, 0) is 36.8 Å². The maximum Gasteiger partial charge on any atom is 0.311 e. The zero-order valence-electron chi connectivity index (χ0n) is 17.4. The van der Waals surface area contributed by atoms with E-state index in [1.807, 2.05) is 17.0 Å². The van der Waals surface area contributed by atoms with E-state index in [2.05, 4.69) is 38.5 Å². The molecule has 3 heterocycles. The number of hydrogen-bond acceptors (Lipinski definition) is 9. The first-order valence-electron chi connectivity index (χ1n) is 9.90. The van der Waals surface area contributed by atoms with Crippen molar-refractivity contribution in [1.29, 1.82) is 0 Å². The Morgan fingerprint density at radius 1 is 1.16 bits per heavy atom. The second kappa shape index (κ2) is 9.76. The molecule has 0 unspecified atom stereocenters. The number of aromatic nitrogens is 3. The molecule has 0 amide bonds. The summed E-state index contributed by atoms with van der Waals surface area (Å²) >= 11 is 1.61. The van der Waals surface area contributed by atoms with Gasteiger partial charge in [-0.15, -0.1) is 0 Å². The summed E-state index contributed by atoms with van der Waals surface area (Å²) in [6.45, 7) is 3.18. The number of methoxy groups -OCH3 is 1. The third kappa shape index (κ3) is 4.95. The number of esters is 1. The summed E-state index contributed by atoms with van der Waals surface area (Å²) in [5, 5.41) is 4.24. The number of benzene rings is 1. The smallest absolute Gasteiger partial charge is 0.311 e. The van der Waals surface area contributed by atoms with Gasteiger partial charge in [0.1, 0.15) is 11.8 Å². The van der Waals surface area contributed by atoms with Crippen LogP contribution in [0.5, 0.6) is 0 Å². The lowest BCUT2D eigenvalue weighted by Gasteiger charge is -2.30. The molecular weight excluding hydrogens is 414 g/mol. The van der Waals surface area contributed by atoms with Gasteiger partial charge in [0.05, 0.1) is 36.3 Å². The number of rotatable bonds is 8. The fraction of sp³-hybridized carbons (Fsp3) is 0.273. The number of fused-ring (bicyclic) bond motifs is 2. The van der Waals surface area contributed by atoms with Gasteiger partial charge in [-0.25, -0.2) is 9.97 Å². The topological polar surface area (TPSA) is 89.5 Å². The lowest BCUT2D eigenvalue weighted by atomic mass is 10.1. The normalized spacial score (nSPS) is 12.1. The molecule has 0 bridgehead atoms. The molecule has 0 aliphatic carbocycles. The molecule has 0 atom stereocenters. The average molecular weight is 438 g/mol. The molecule has 3 aromatic rings. The number of pyridine rings is 1. The van der Waals surface area contributed by atoms with Crippen LogP contribution in [0.2, 0.25) is 0 Å². The molecule has 2 aromatic heterocycles. The Morgan fingerprint density at radius 2 is 2.03 bits per heavy atom. The maximum absolute atomic E-state index is 11.6. The van der Waals surface area contributed by atoms with E-state index in [0.717, 1.165) is 32.7 Å². The number of carbonyl (C=O) groups excluding carboxylic acids is 1. The van der Waals surface area contributed by atoms with E-state index in [0.29, 0.717) is 25.6 Å². The highest BCUT2D eigenvalue weighted by Crippen LogP contribution is 2.46. The fourth-order valence-electron chi connectivity index (χ4n) is 3.22. The maximum atomic E-state index is 11.6. The summed E-state index contributed by atoms with van der Waals surface area (Å²) in [5.74, 6) is 0.530. The highest BCUT2D eigenvalue weighted by molar-refractivity contribution is 7.99. The number of hydrogen-bond donors (Lipinski definition) is 1. The Bertz CT molecular complexity index is 1060. The van der Waals surface area contributed by atoms with Gasteiger partial charge in [-0.1, -0.05) is 17.8 Å². The zero-order chi connectivity index (χ0) is 21.6. The number of ether oxygens (including phenoxy) is 2. The van der Waals surface area contributed by atoms with Crippen molar-refractivity contribution in [2.75, 3.05) is 30.7 Å². The van der Waals surface area contributed by atoms with E-state index in [9.17, 15) is 4.79 Å². The quantitative estimate of drug-likeness (QED) is 0.529. The summed E-state index contributed by atoms with van der Waals surface area (Å²) < 4.78 is 10.4. The minimum absolute atomic E-state index is 0.177. The van der Waals surface area contributed by atoms with Crippen LogP contribution in [0.1, 0.15) is 18.2 Å². The number of anilines is 3.